The van der Waals surface area contributed by atoms with Crippen LogP contribution < -0.4 is 11.4 Å². The van der Waals surface area contributed by atoms with Crippen LogP contribution in [0.3, 0.4) is 0 Å². The molecule has 30 heavy (non-hydrogen) atoms. The van der Waals surface area contributed by atoms with Crippen LogP contribution in [-0.4, -0.2) is 60.7 Å². The van der Waals surface area contributed by atoms with Gasteiger partial charge in [0.15, 0.2) is 6.23 Å². The van der Waals surface area contributed by atoms with Gasteiger partial charge in [0, 0.05) is 18.3 Å². The van der Waals surface area contributed by atoms with E-state index < -0.39 is 53.5 Å². The van der Waals surface area contributed by atoms with E-state index in [4.69, 9.17) is 15.2 Å². The van der Waals surface area contributed by atoms with E-state index in [0.29, 0.717) is 5.56 Å². The van der Waals surface area contributed by atoms with Gasteiger partial charge in [-0.15, -0.1) is 0 Å². The standard InChI is InChI=1S/C17H18N4O9/c18-14-10(16(25)29-7-8-1-3-9(4-2-8)21(27)28)5-20(17(26)19-14)15-13(24)12(23)11(6-22)30-15/h1-5,11-13,15,22-24H,6-7H2,(H2,18,19,26)/t11-,12-,13+,15-/m1/s1. The minimum Gasteiger partial charge on any atom is -0.457 e. The highest BCUT2D eigenvalue weighted by atomic mass is 16.6. The molecule has 1 fully saturated rings. The van der Waals surface area contributed by atoms with Gasteiger partial charge in [0.05, 0.1) is 11.5 Å². The molecule has 4 atom stereocenters. The fourth-order valence-electron chi connectivity index (χ4n) is 2.87. The molecule has 5 N–H and O–H groups in total. The van der Waals surface area contributed by atoms with Gasteiger partial charge in [-0.3, -0.25) is 14.7 Å². The Morgan fingerprint density at radius 3 is 2.53 bits per heavy atom. The van der Waals surface area contributed by atoms with Crippen LogP contribution in [0.5, 0.6) is 0 Å². The number of hydrogen-bond donors (Lipinski definition) is 4. The fourth-order valence-corrected chi connectivity index (χ4v) is 2.87. The smallest absolute Gasteiger partial charge is 0.351 e. The number of nitrogens with two attached hydrogens (primary N) is 1. The van der Waals surface area contributed by atoms with E-state index in [1.165, 1.54) is 24.3 Å². The Morgan fingerprint density at radius 2 is 1.97 bits per heavy atom. The number of non-ortho nitro benzene ring substituents is 1. The van der Waals surface area contributed by atoms with Crippen molar-refractivity contribution in [1.82, 2.24) is 9.55 Å². The molecule has 1 aliphatic heterocycles. The molecule has 160 valence electrons. The maximum absolute atomic E-state index is 12.4. The monoisotopic (exact) mass is 422 g/mol. The van der Waals surface area contributed by atoms with E-state index in [2.05, 4.69) is 4.98 Å². The third-order valence-electron chi connectivity index (χ3n) is 4.51. The molecule has 0 bridgehead atoms. The maximum Gasteiger partial charge on any atom is 0.351 e. The van der Waals surface area contributed by atoms with E-state index in [-0.39, 0.29) is 17.9 Å². The summed E-state index contributed by atoms with van der Waals surface area (Å²) in [7, 11) is 0. The Morgan fingerprint density at radius 1 is 1.30 bits per heavy atom. The number of aliphatic hydroxyl groups excluding tert-OH is 3. The molecule has 1 aliphatic rings. The van der Waals surface area contributed by atoms with Gasteiger partial charge in [0.2, 0.25) is 0 Å². The van der Waals surface area contributed by atoms with Crippen molar-refractivity contribution in [2.24, 2.45) is 0 Å². The summed E-state index contributed by atoms with van der Waals surface area (Å²) in [6.07, 6.45) is -4.58. The summed E-state index contributed by atoms with van der Waals surface area (Å²) in [6, 6.07) is 5.32. The summed E-state index contributed by atoms with van der Waals surface area (Å²) >= 11 is 0. The molecule has 1 aromatic carbocycles. The molecule has 0 saturated carbocycles. The molecule has 0 unspecified atom stereocenters. The van der Waals surface area contributed by atoms with Crippen LogP contribution in [0.1, 0.15) is 22.1 Å². The molecule has 1 saturated heterocycles. The molecule has 2 heterocycles. The van der Waals surface area contributed by atoms with Gasteiger partial charge in [-0.25, -0.2) is 9.59 Å². The van der Waals surface area contributed by atoms with Gasteiger partial charge in [0.25, 0.3) is 5.69 Å². The lowest BCUT2D eigenvalue weighted by Gasteiger charge is -2.18. The Hall–Kier alpha value is -3.39. The highest BCUT2D eigenvalue weighted by molar-refractivity contribution is 5.93. The van der Waals surface area contributed by atoms with Crippen molar-refractivity contribution < 1.29 is 34.5 Å². The molecule has 1 aromatic heterocycles. The third-order valence-corrected chi connectivity index (χ3v) is 4.51. The number of carbonyl (C=O) groups excluding carboxylic acids is 1. The van der Waals surface area contributed by atoms with Crippen LogP contribution >= 0.6 is 0 Å². The first-order chi connectivity index (χ1) is 14.2. The number of rotatable bonds is 6. The lowest BCUT2D eigenvalue weighted by atomic mass is 10.1. The highest BCUT2D eigenvalue weighted by Crippen LogP contribution is 2.28. The van der Waals surface area contributed by atoms with Crippen LogP contribution in [0, 0.1) is 10.1 Å². The summed E-state index contributed by atoms with van der Waals surface area (Å²) in [4.78, 5) is 38.2. The Bertz CT molecular complexity index is 1010. The zero-order valence-corrected chi connectivity index (χ0v) is 15.3. The number of nitro groups is 1. The first kappa shape index (κ1) is 21.3. The van der Waals surface area contributed by atoms with Crippen LogP contribution in [-0.2, 0) is 16.1 Å². The van der Waals surface area contributed by atoms with Crippen molar-refractivity contribution in [3.63, 3.8) is 0 Å². The molecule has 2 aromatic rings. The van der Waals surface area contributed by atoms with E-state index in [1.54, 1.807) is 0 Å². The third kappa shape index (κ3) is 4.13. The quantitative estimate of drug-likeness (QED) is 0.245. The summed E-state index contributed by atoms with van der Waals surface area (Å²) in [5, 5.41) is 39.8. The van der Waals surface area contributed by atoms with E-state index >= 15 is 0 Å². The number of anilines is 1. The molecule has 0 amide bonds. The molecule has 0 spiro atoms. The summed E-state index contributed by atoms with van der Waals surface area (Å²) in [5.41, 5.74) is 4.74. The van der Waals surface area contributed by atoms with Crippen molar-refractivity contribution in [3.05, 3.63) is 62.2 Å². The molecular weight excluding hydrogens is 404 g/mol. The van der Waals surface area contributed by atoms with Gasteiger partial charge < -0.3 is 30.5 Å². The Labute approximate surface area is 168 Å². The van der Waals surface area contributed by atoms with Crippen molar-refractivity contribution >= 4 is 17.5 Å². The number of carbonyl (C=O) groups is 1. The lowest BCUT2D eigenvalue weighted by molar-refractivity contribution is -0.384. The van der Waals surface area contributed by atoms with Gasteiger partial charge in [-0.1, -0.05) is 0 Å². The zero-order chi connectivity index (χ0) is 22.0. The summed E-state index contributed by atoms with van der Waals surface area (Å²) < 4.78 is 11.1. The minimum absolute atomic E-state index is 0.121. The molecule has 3 rings (SSSR count). The van der Waals surface area contributed by atoms with Crippen LogP contribution in [0.15, 0.2) is 35.3 Å². The number of nitrogen functional groups attached to an aromatic ring is 1. The van der Waals surface area contributed by atoms with Crippen LogP contribution in [0.2, 0.25) is 0 Å². The van der Waals surface area contributed by atoms with Crippen molar-refractivity contribution in [1.29, 1.82) is 0 Å². The number of nitrogens with zero attached hydrogens (tertiary/aromatic N) is 3. The average molecular weight is 422 g/mol. The lowest BCUT2D eigenvalue weighted by Crippen LogP contribution is -2.36. The molecular formula is C17H18N4O9. The average Bonchev–Trinajstić information content (AvgIpc) is 3.00. The number of esters is 1. The predicted octanol–water partition coefficient (Wildman–Crippen LogP) is -1.30. The van der Waals surface area contributed by atoms with Gasteiger partial charge in [0.1, 0.15) is 36.3 Å². The second-order valence-electron chi connectivity index (χ2n) is 6.46. The number of aromatic nitrogens is 2. The first-order valence-corrected chi connectivity index (χ1v) is 8.64. The topological polar surface area (TPSA) is 200 Å². The van der Waals surface area contributed by atoms with Gasteiger partial charge in [-0.2, -0.15) is 4.98 Å². The number of benzene rings is 1. The highest BCUT2D eigenvalue weighted by Gasteiger charge is 2.44. The second kappa shape index (κ2) is 8.54. The molecule has 0 aliphatic carbocycles. The van der Waals surface area contributed by atoms with Crippen LogP contribution in [0.4, 0.5) is 11.5 Å². The van der Waals surface area contributed by atoms with Crippen molar-refractivity contribution in [3.8, 4) is 0 Å². The van der Waals surface area contributed by atoms with E-state index in [9.17, 15) is 35.0 Å². The Balaban J connectivity index is 1.79. The molecule has 13 nitrogen and oxygen atoms in total. The van der Waals surface area contributed by atoms with Crippen molar-refractivity contribution in [2.75, 3.05) is 12.3 Å². The normalized spacial score (nSPS) is 23.3. The Kier molecular flexibility index (Phi) is 6.07. The SMILES string of the molecule is Nc1nc(=O)n([C@@H]2O[C@H](CO)[C@@H](O)[C@@H]2O)cc1C(=O)OCc1ccc([N+](=O)[O-])cc1. The number of hydrogen-bond acceptors (Lipinski definition) is 11. The maximum atomic E-state index is 12.4. The van der Waals surface area contributed by atoms with Crippen molar-refractivity contribution in [2.45, 2.75) is 31.1 Å². The van der Waals surface area contributed by atoms with Gasteiger partial charge >= 0.3 is 11.7 Å². The zero-order valence-electron chi connectivity index (χ0n) is 15.3. The largest absolute Gasteiger partial charge is 0.457 e. The minimum atomic E-state index is -1.56. The van der Waals surface area contributed by atoms with E-state index in [0.717, 1.165) is 10.8 Å². The summed E-state index contributed by atoms with van der Waals surface area (Å²) in [5.74, 6) is -1.37. The molecule has 0 radical (unpaired) electrons. The van der Waals surface area contributed by atoms with Crippen LogP contribution in [0.25, 0.3) is 0 Å². The second-order valence-corrected chi connectivity index (χ2v) is 6.46. The van der Waals surface area contributed by atoms with E-state index in [1.807, 2.05) is 0 Å². The molecule has 13 heteroatoms. The summed E-state index contributed by atoms with van der Waals surface area (Å²) in [6.45, 7) is -0.834. The fraction of sp³-hybridized carbons (Fsp3) is 0.353. The first-order valence-electron chi connectivity index (χ1n) is 8.64. The number of nitro benzene ring substituents is 1. The van der Waals surface area contributed by atoms with Gasteiger partial charge in [-0.05, 0) is 17.7 Å². The number of ether oxygens (including phenoxy) is 2. The number of aliphatic hydroxyl groups is 3. The predicted molar refractivity (Wildman–Crippen MR) is 98.1 cm³/mol.